The lowest BCUT2D eigenvalue weighted by Gasteiger charge is -2.08. The molecule has 3 aromatic rings. The standard InChI is InChI=1S/C17H13BrN6/c1-11-2-5-14(8-15(11)18)22-17-23-16(10-20-24-17)21-13-6-3-12(9-19)4-7-13/h2-8,10H,1H3,(H2,21,22,23,24). The van der Waals surface area contributed by atoms with E-state index >= 15 is 0 Å². The van der Waals surface area contributed by atoms with Gasteiger partial charge < -0.3 is 10.6 Å². The number of halogens is 1. The van der Waals surface area contributed by atoms with E-state index in [2.05, 4.69) is 47.8 Å². The van der Waals surface area contributed by atoms with Crippen molar-refractivity contribution in [3.8, 4) is 6.07 Å². The van der Waals surface area contributed by atoms with E-state index in [4.69, 9.17) is 5.26 Å². The molecule has 24 heavy (non-hydrogen) atoms. The van der Waals surface area contributed by atoms with Crippen LogP contribution in [0.1, 0.15) is 11.1 Å². The average molecular weight is 381 g/mol. The molecule has 0 spiro atoms. The third-order valence-electron chi connectivity index (χ3n) is 3.27. The number of aromatic nitrogens is 3. The van der Waals surface area contributed by atoms with E-state index in [0.717, 1.165) is 21.4 Å². The SMILES string of the molecule is Cc1ccc(Nc2nncc(Nc3ccc(C#N)cc3)n2)cc1Br. The molecule has 0 saturated carbocycles. The fraction of sp³-hybridized carbons (Fsp3) is 0.0588. The number of nitriles is 1. The van der Waals surface area contributed by atoms with Gasteiger partial charge in [0.25, 0.3) is 0 Å². The van der Waals surface area contributed by atoms with Crippen molar-refractivity contribution in [2.75, 3.05) is 10.6 Å². The van der Waals surface area contributed by atoms with Crippen LogP contribution in [0.15, 0.2) is 53.1 Å². The molecule has 2 N–H and O–H groups in total. The number of hydrogen-bond acceptors (Lipinski definition) is 6. The zero-order valence-corrected chi connectivity index (χ0v) is 14.4. The van der Waals surface area contributed by atoms with Gasteiger partial charge in [-0.05, 0) is 48.9 Å². The van der Waals surface area contributed by atoms with E-state index in [1.165, 1.54) is 6.20 Å². The molecular formula is C17H13BrN6. The van der Waals surface area contributed by atoms with Crippen LogP contribution in [0.2, 0.25) is 0 Å². The van der Waals surface area contributed by atoms with Gasteiger partial charge in [0.1, 0.15) is 0 Å². The number of benzene rings is 2. The third kappa shape index (κ3) is 3.86. The van der Waals surface area contributed by atoms with Gasteiger partial charge in [-0.1, -0.05) is 22.0 Å². The Hall–Kier alpha value is -2.98. The van der Waals surface area contributed by atoms with Crippen molar-refractivity contribution in [3.63, 3.8) is 0 Å². The highest BCUT2D eigenvalue weighted by Crippen LogP contribution is 2.23. The van der Waals surface area contributed by atoms with E-state index in [9.17, 15) is 0 Å². The van der Waals surface area contributed by atoms with Crippen LogP contribution in [-0.4, -0.2) is 15.2 Å². The maximum absolute atomic E-state index is 8.82. The number of nitrogens with zero attached hydrogens (tertiary/aromatic N) is 4. The molecule has 0 bridgehead atoms. The van der Waals surface area contributed by atoms with Gasteiger partial charge in [0, 0.05) is 15.8 Å². The fourth-order valence-electron chi connectivity index (χ4n) is 1.99. The Morgan fingerprint density at radius 3 is 2.50 bits per heavy atom. The number of rotatable bonds is 4. The van der Waals surface area contributed by atoms with Crippen LogP contribution in [0.3, 0.4) is 0 Å². The minimum atomic E-state index is 0.393. The summed E-state index contributed by atoms with van der Waals surface area (Å²) in [6.07, 6.45) is 1.54. The fourth-order valence-corrected chi connectivity index (χ4v) is 2.37. The van der Waals surface area contributed by atoms with Crippen LogP contribution in [0, 0.1) is 18.3 Å². The quantitative estimate of drug-likeness (QED) is 0.701. The smallest absolute Gasteiger partial charge is 0.249 e. The first-order valence-electron chi connectivity index (χ1n) is 7.14. The first-order valence-corrected chi connectivity index (χ1v) is 7.93. The third-order valence-corrected chi connectivity index (χ3v) is 4.13. The monoisotopic (exact) mass is 380 g/mol. The van der Waals surface area contributed by atoms with Crippen molar-refractivity contribution >= 4 is 39.1 Å². The first kappa shape index (κ1) is 15.9. The topological polar surface area (TPSA) is 86.5 Å². The Balaban J connectivity index is 1.75. The zero-order chi connectivity index (χ0) is 16.9. The van der Waals surface area contributed by atoms with E-state index in [1.54, 1.807) is 12.1 Å². The summed E-state index contributed by atoms with van der Waals surface area (Å²) in [5, 5.41) is 23.0. The summed E-state index contributed by atoms with van der Waals surface area (Å²) in [6.45, 7) is 2.02. The minimum Gasteiger partial charge on any atom is -0.339 e. The van der Waals surface area contributed by atoms with E-state index < -0.39 is 0 Å². The largest absolute Gasteiger partial charge is 0.339 e. The van der Waals surface area contributed by atoms with Crippen LogP contribution in [0.25, 0.3) is 0 Å². The normalized spacial score (nSPS) is 10.0. The molecule has 6 nitrogen and oxygen atoms in total. The maximum atomic E-state index is 8.82. The summed E-state index contributed by atoms with van der Waals surface area (Å²) in [7, 11) is 0. The molecule has 1 aromatic heterocycles. The van der Waals surface area contributed by atoms with Crippen LogP contribution >= 0.6 is 15.9 Å². The molecule has 1 heterocycles. The van der Waals surface area contributed by atoms with Crippen molar-refractivity contribution in [3.05, 3.63) is 64.3 Å². The second-order valence-corrected chi connectivity index (χ2v) is 5.92. The number of aryl methyl sites for hydroxylation is 1. The van der Waals surface area contributed by atoms with Gasteiger partial charge >= 0.3 is 0 Å². The van der Waals surface area contributed by atoms with Crippen molar-refractivity contribution in [1.29, 1.82) is 5.26 Å². The molecule has 0 amide bonds. The molecule has 0 radical (unpaired) electrons. The molecule has 3 rings (SSSR count). The van der Waals surface area contributed by atoms with Gasteiger partial charge in [-0.3, -0.25) is 0 Å². The van der Waals surface area contributed by atoms with E-state index in [1.807, 2.05) is 37.3 Å². The second-order valence-electron chi connectivity index (χ2n) is 5.07. The number of hydrogen-bond donors (Lipinski definition) is 2. The average Bonchev–Trinajstić information content (AvgIpc) is 2.59. The summed E-state index contributed by atoms with van der Waals surface area (Å²) in [5.41, 5.74) is 3.44. The summed E-state index contributed by atoms with van der Waals surface area (Å²) < 4.78 is 1.01. The van der Waals surface area contributed by atoms with Crippen LogP contribution in [0.4, 0.5) is 23.1 Å². The summed E-state index contributed by atoms with van der Waals surface area (Å²) >= 11 is 3.50. The number of anilines is 4. The highest BCUT2D eigenvalue weighted by Gasteiger charge is 2.04. The molecule has 0 aliphatic heterocycles. The lowest BCUT2D eigenvalue weighted by molar-refractivity contribution is 0.982. The predicted molar refractivity (Wildman–Crippen MR) is 96.4 cm³/mol. The molecule has 0 fully saturated rings. The molecule has 0 aliphatic rings. The molecule has 0 unspecified atom stereocenters. The lowest BCUT2D eigenvalue weighted by atomic mass is 10.2. The summed E-state index contributed by atoms with van der Waals surface area (Å²) in [4.78, 5) is 4.38. The highest BCUT2D eigenvalue weighted by molar-refractivity contribution is 9.10. The Morgan fingerprint density at radius 2 is 1.79 bits per heavy atom. The predicted octanol–water partition coefficient (Wildman–Crippen LogP) is 4.30. The van der Waals surface area contributed by atoms with E-state index in [-0.39, 0.29) is 0 Å². The molecule has 118 valence electrons. The molecule has 0 saturated heterocycles. The minimum absolute atomic E-state index is 0.393. The maximum Gasteiger partial charge on any atom is 0.249 e. The van der Waals surface area contributed by atoms with Crippen molar-refractivity contribution in [1.82, 2.24) is 15.2 Å². The molecule has 0 aliphatic carbocycles. The van der Waals surface area contributed by atoms with Crippen LogP contribution in [-0.2, 0) is 0 Å². The van der Waals surface area contributed by atoms with Crippen molar-refractivity contribution in [2.45, 2.75) is 6.92 Å². The van der Waals surface area contributed by atoms with Crippen molar-refractivity contribution in [2.24, 2.45) is 0 Å². The summed E-state index contributed by atoms with van der Waals surface area (Å²) in [5.74, 6) is 0.952. The van der Waals surface area contributed by atoms with Crippen molar-refractivity contribution < 1.29 is 0 Å². The van der Waals surface area contributed by atoms with Gasteiger partial charge in [0.2, 0.25) is 5.95 Å². The van der Waals surface area contributed by atoms with Gasteiger partial charge in [0.05, 0.1) is 17.8 Å². The first-order chi connectivity index (χ1) is 11.6. The molecule has 2 aromatic carbocycles. The van der Waals surface area contributed by atoms with Gasteiger partial charge in [-0.25, -0.2) is 0 Å². The molecule has 0 atom stereocenters. The Labute approximate surface area is 147 Å². The highest BCUT2D eigenvalue weighted by atomic mass is 79.9. The zero-order valence-electron chi connectivity index (χ0n) is 12.8. The van der Waals surface area contributed by atoms with Gasteiger partial charge in [0.15, 0.2) is 5.82 Å². The van der Waals surface area contributed by atoms with Crippen LogP contribution in [0.5, 0.6) is 0 Å². The van der Waals surface area contributed by atoms with Gasteiger partial charge in [-0.15, -0.1) is 5.10 Å². The second kappa shape index (κ2) is 7.06. The molecule has 7 heteroatoms. The lowest BCUT2D eigenvalue weighted by Crippen LogP contribution is -2.02. The Kier molecular flexibility index (Phi) is 4.68. The van der Waals surface area contributed by atoms with Crippen LogP contribution < -0.4 is 10.6 Å². The summed E-state index contributed by atoms with van der Waals surface area (Å²) in [6, 6.07) is 15.1. The van der Waals surface area contributed by atoms with E-state index in [0.29, 0.717) is 17.3 Å². The molecular weight excluding hydrogens is 368 g/mol. The Morgan fingerprint density at radius 1 is 1.04 bits per heavy atom. The van der Waals surface area contributed by atoms with Gasteiger partial charge in [-0.2, -0.15) is 15.3 Å². The Bertz CT molecular complexity index is 902. The number of nitrogens with one attached hydrogen (secondary N) is 2.